The third kappa shape index (κ3) is 2.85. The number of alkyl halides is 5. The molecule has 89 valence electrons. The van der Waals surface area contributed by atoms with Crippen LogP contribution in [0.25, 0.3) is 0 Å². The lowest BCUT2D eigenvalue weighted by Crippen LogP contribution is -2.41. The van der Waals surface area contributed by atoms with E-state index in [1.54, 1.807) is 0 Å². The molecule has 0 aromatic heterocycles. The molecule has 0 aliphatic heterocycles. The van der Waals surface area contributed by atoms with Gasteiger partial charge in [-0.3, -0.25) is 0 Å². The number of halogens is 6. The Morgan fingerprint density at radius 2 is 1.69 bits per heavy atom. The molecule has 0 N–H and O–H groups in total. The van der Waals surface area contributed by atoms with Crippen LogP contribution in [0, 0.1) is 0 Å². The molecule has 0 spiro atoms. The monoisotopic (exact) mass is 277 g/mol. The van der Waals surface area contributed by atoms with E-state index in [2.05, 4.69) is 17.4 Å². The van der Waals surface area contributed by atoms with Gasteiger partial charge in [-0.25, -0.2) is 0 Å². The summed E-state index contributed by atoms with van der Waals surface area (Å²) in [6, 6.07) is 3.02. The van der Waals surface area contributed by atoms with Gasteiger partial charge in [0.25, 0.3) is 0 Å². The van der Waals surface area contributed by atoms with Gasteiger partial charge in [-0.15, -0.1) is 0 Å². The molecule has 1 nitrogen and oxygen atoms in total. The van der Waals surface area contributed by atoms with Crippen molar-refractivity contribution >= 4 is 24.2 Å². The van der Waals surface area contributed by atoms with E-state index in [0.29, 0.717) is 0 Å². The predicted octanol–water partition coefficient (Wildman–Crippen LogP) is 4.43. The second-order valence-electron chi connectivity index (χ2n) is 2.71. The van der Waals surface area contributed by atoms with Crippen LogP contribution in [0.2, 0.25) is 5.02 Å². The molecule has 0 atom stereocenters. The average Bonchev–Trinajstić information content (AvgIpc) is 2.08. The van der Waals surface area contributed by atoms with Crippen LogP contribution >= 0.6 is 24.2 Å². The van der Waals surface area contributed by atoms with Gasteiger partial charge in [0.1, 0.15) is 5.75 Å². The summed E-state index contributed by atoms with van der Waals surface area (Å²) in [5.74, 6) is -0.780. The van der Waals surface area contributed by atoms with Gasteiger partial charge in [0.2, 0.25) is 0 Å². The maximum Gasteiger partial charge on any atom is 0.499 e. The minimum atomic E-state index is -5.80. The van der Waals surface area contributed by atoms with E-state index >= 15 is 0 Å². The quantitative estimate of drug-likeness (QED) is 0.727. The molecule has 0 heterocycles. The van der Waals surface area contributed by atoms with Crippen LogP contribution in [0.4, 0.5) is 22.0 Å². The third-order valence-electron chi connectivity index (χ3n) is 1.47. The standard InChI is InChI=1S/C8H3ClF5OS/c9-5-3-4(16)1-2-6(5)15-8(13,14)7(10,11)12/h1-3H. The number of hydrogen-bond donors (Lipinski definition) is 0. The van der Waals surface area contributed by atoms with Gasteiger partial charge in [-0.05, 0) is 18.2 Å². The normalized spacial score (nSPS) is 12.6. The van der Waals surface area contributed by atoms with Crippen molar-refractivity contribution in [2.75, 3.05) is 0 Å². The van der Waals surface area contributed by atoms with Gasteiger partial charge in [0, 0.05) is 4.90 Å². The van der Waals surface area contributed by atoms with Gasteiger partial charge < -0.3 is 4.74 Å². The fourth-order valence-corrected chi connectivity index (χ4v) is 1.23. The molecule has 1 radical (unpaired) electrons. The number of benzene rings is 1. The molecule has 1 rings (SSSR count). The Morgan fingerprint density at radius 1 is 1.12 bits per heavy atom. The summed E-state index contributed by atoms with van der Waals surface area (Å²) in [5.41, 5.74) is 0. The first kappa shape index (κ1) is 13.2. The van der Waals surface area contributed by atoms with Crippen LogP contribution < -0.4 is 4.74 Å². The molecule has 1 aromatic rings. The van der Waals surface area contributed by atoms with Gasteiger partial charge >= 0.3 is 12.3 Å². The zero-order valence-corrected chi connectivity index (χ0v) is 8.89. The number of rotatable bonds is 2. The highest BCUT2D eigenvalue weighted by Gasteiger charge is 2.61. The third-order valence-corrected chi connectivity index (χ3v) is 2.02. The van der Waals surface area contributed by atoms with Crippen LogP contribution in [0.5, 0.6) is 5.75 Å². The minimum Gasteiger partial charge on any atom is -0.424 e. The van der Waals surface area contributed by atoms with Crippen LogP contribution in [0.15, 0.2) is 23.1 Å². The SMILES string of the molecule is FC(F)(F)C(F)(F)Oc1ccc([S])cc1Cl. The van der Waals surface area contributed by atoms with Gasteiger partial charge in [0.05, 0.1) is 5.02 Å². The summed E-state index contributed by atoms with van der Waals surface area (Å²) in [6.45, 7) is 0. The first-order valence-corrected chi connectivity index (χ1v) is 4.52. The Hall–Kier alpha value is -0.820. The van der Waals surface area contributed by atoms with Gasteiger partial charge in [-0.2, -0.15) is 22.0 Å². The van der Waals surface area contributed by atoms with Crippen LogP contribution in [-0.4, -0.2) is 12.3 Å². The first-order valence-electron chi connectivity index (χ1n) is 3.73. The van der Waals surface area contributed by atoms with Crippen LogP contribution in [0.1, 0.15) is 0 Å². The van der Waals surface area contributed by atoms with E-state index in [-0.39, 0.29) is 4.90 Å². The minimum absolute atomic E-state index is 0.202. The first-order chi connectivity index (χ1) is 7.13. The average molecular weight is 278 g/mol. The molecule has 0 amide bonds. The fourth-order valence-electron chi connectivity index (χ4n) is 0.760. The molecule has 0 bridgehead atoms. The van der Waals surface area contributed by atoms with E-state index in [1.165, 1.54) is 0 Å². The number of ether oxygens (including phenoxy) is 1. The fraction of sp³-hybridized carbons (Fsp3) is 0.250. The predicted molar refractivity (Wildman–Crippen MR) is 48.9 cm³/mol. The molecule has 0 aliphatic carbocycles. The van der Waals surface area contributed by atoms with Crippen molar-refractivity contribution in [3.05, 3.63) is 23.2 Å². The Balaban J connectivity index is 2.97. The van der Waals surface area contributed by atoms with Gasteiger partial charge in [-0.1, -0.05) is 24.2 Å². The van der Waals surface area contributed by atoms with Crippen LogP contribution in [-0.2, 0) is 0 Å². The van der Waals surface area contributed by atoms with Crippen LogP contribution in [0.3, 0.4) is 0 Å². The molecular weight excluding hydrogens is 275 g/mol. The van der Waals surface area contributed by atoms with Crippen molar-refractivity contribution < 1.29 is 26.7 Å². The summed E-state index contributed by atoms with van der Waals surface area (Å²) >= 11 is 10.0. The zero-order chi connectivity index (χ0) is 12.6. The topological polar surface area (TPSA) is 9.23 Å². The number of hydrogen-bond acceptors (Lipinski definition) is 1. The van der Waals surface area contributed by atoms with Crippen molar-refractivity contribution in [2.45, 2.75) is 17.2 Å². The van der Waals surface area contributed by atoms with Crippen molar-refractivity contribution in [3.8, 4) is 5.75 Å². The Labute approximate surface area is 97.6 Å². The summed E-state index contributed by atoms with van der Waals surface area (Å²) in [7, 11) is 0. The van der Waals surface area contributed by atoms with Crippen molar-refractivity contribution in [2.24, 2.45) is 0 Å². The summed E-state index contributed by atoms with van der Waals surface area (Å²) in [5, 5.41) is -0.406. The highest BCUT2D eigenvalue weighted by molar-refractivity contribution is 7.80. The lowest BCUT2D eigenvalue weighted by Gasteiger charge is -2.20. The molecule has 0 unspecified atom stereocenters. The van der Waals surface area contributed by atoms with Crippen molar-refractivity contribution in [3.63, 3.8) is 0 Å². The zero-order valence-electron chi connectivity index (χ0n) is 7.32. The highest BCUT2D eigenvalue weighted by Crippen LogP contribution is 2.39. The van der Waals surface area contributed by atoms with Crippen molar-refractivity contribution in [1.29, 1.82) is 0 Å². The van der Waals surface area contributed by atoms with E-state index in [0.717, 1.165) is 18.2 Å². The second kappa shape index (κ2) is 4.21. The van der Waals surface area contributed by atoms with Gasteiger partial charge in [0.15, 0.2) is 0 Å². The van der Waals surface area contributed by atoms with E-state index < -0.39 is 23.1 Å². The molecule has 0 saturated heterocycles. The van der Waals surface area contributed by atoms with E-state index in [4.69, 9.17) is 11.6 Å². The molecule has 8 heteroatoms. The maximum absolute atomic E-state index is 12.5. The molecule has 0 saturated carbocycles. The summed E-state index contributed by atoms with van der Waals surface area (Å²) in [4.78, 5) is 0.202. The lowest BCUT2D eigenvalue weighted by atomic mass is 10.3. The Kier molecular flexibility index (Phi) is 3.49. The lowest BCUT2D eigenvalue weighted by molar-refractivity contribution is -0.360. The Bertz CT molecular complexity index is 393. The van der Waals surface area contributed by atoms with Crippen molar-refractivity contribution in [1.82, 2.24) is 0 Å². The smallest absolute Gasteiger partial charge is 0.424 e. The second-order valence-corrected chi connectivity index (χ2v) is 3.59. The largest absolute Gasteiger partial charge is 0.499 e. The molecule has 1 aromatic carbocycles. The highest BCUT2D eigenvalue weighted by atomic mass is 35.5. The maximum atomic E-state index is 12.5. The molecule has 16 heavy (non-hydrogen) atoms. The van der Waals surface area contributed by atoms with E-state index in [9.17, 15) is 22.0 Å². The molecule has 0 aliphatic rings. The summed E-state index contributed by atoms with van der Waals surface area (Å²) < 4.78 is 63.8. The summed E-state index contributed by atoms with van der Waals surface area (Å²) in [6.07, 6.45) is -11.1. The van der Waals surface area contributed by atoms with E-state index in [1.807, 2.05) is 0 Å². The molecular formula is C8H3ClF5OS. The molecule has 0 fully saturated rings. The Morgan fingerprint density at radius 3 is 2.12 bits per heavy atom.